The van der Waals surface area contributed by atoms with Crippen LogP contribution in [-0.4, -0.2) is 23.1 Å². The Labute approximate surface area is 101 Å². The quantitative estimate of drug-likeness (QED) is 0.696. The second kappa shape index (κ2) is 4.51. The molecule has 0 aliphatic heterocycles. The summed E-state index contributed by atoms with van der Waals surface area (Å²) in [5.74, 6) is -3.88. The fourth-order valence-corrected chi connectivity index (χ4v) is 2.23. The van der Waals surface area contributed by atoms with Crippen LogP contribution in [0.2, 0.25) is 0 Å². The van der Waals surface area contributed by atoms with Gasteiger partial charge in [-0.2, -0.15) is 0 Å². The van der Waals surface area contributed by atoms with Gasteiger partial charge in [0.05, 0.1) is 11.3 Å². The van der Waals surface area contributed by atoms with Gasteiger partial charge in [0.15, 0.2) is 23.1 Å². The van der Waals surface area contributed by atoms with E-state index in [1.54, 1.807) is 0 Å². The molecule has 0 N–H and O–H groups in total. The van der Waals surface area contributed by atoms with Crippen molar-refractivity contribution in [1.82, 2.24) is 0 Å². The van der Waals surface area contributed by atoms with E-state index in [1.807, 2.05) is 6.92 Å². The van der Waals surface area contributed by atoms with Crippen molar-refractivity contribution in [2.45, 2.75) is 40.5 Å². The van der Waals surface area contributed by atoms with E-state index in [0.717, 1.165) is 0 Å². The van der Waals surface area contributed by atoms with E-state index in [9.17, 15) is 19.2 Å². The molecule has 0 saturated heterocycles. The van der Waals surface area contributed by atoms with Gasteiger partial charge in [0.1, 0.15) is 5.92 Å². The van der Waals surface area contributed by atoms with Crippen molar-refractivity contribution < 1.29 is 19.2 Å². The van der Waals surface area contributed by atoms with Gasteiger partial charge in [-0.3, -0.25) is 19.2 Å². The third kappa shape index (κ3) is 2.08. The molecule has 1 rings (SSSR count). The van der Waals surface area contributed by atoms with E-state index in [4.69, 9.17) is 0 Å². The van der Waals surface area contributed by atoms with Crippen molar-refractivity contribution in [3.8, 4) is 0 Å². The summed E-state index contributed by atoms with van der Waals surface area (Å²) in [5, 5.41) is 0. The number of hydrogen-bond donors (Lipinski definition) is 0. The zero-order chi connectivity index (χ0) is 13.4. The van der Waals surface area contributed by atoms with Crippen LogP contribution < -0.4 is 0 Å². The van der Waals surface area contributed by atoms with Crippen molar-refractivity contribution in [2.24, 2.45) is 17.3 Å². The number of rotatable bonds is 3. The van der Waals surface area contributed by atoms with Crippen molar-refractivity contribution in [1.29, 1.82) is 0 Å². The standard InChI is InChI=1S/C13H18O4/c1-5-6-8(14)9-10(15)7(2)11(16)13(3,4)12(9)17/h7,9H,5-6H2,1-4H3. The highest BCUT2D eigenvalue weighted by Crippen LogP contribution is 2.34. The van der Waals surface area contributed by atoms with Crippen LogP contribution in [0.3, 0.4) is 0 Å². The molecule has 0 heterocycles. The van der Waals surface area contributed by atoms with E-state index in [2.05, 4.69) is 0 Å². The molecule has 0 amide bonds. The van der Waals surface area contributed by atoms with E-state index in [-0.39, 0.29) is 18.0 Å². The summed E-state index contributed by atoms with van der Waals surface area (Å²) < 4.78 is 0. The van der Waals surface area contributed by atoms with Gasteiger partial charge in [0, 0.05) is 6.42 Å². The van der Waals surface area contributed by atoms with Crippen LogP contribution in [0.25, 0.3) is 0 Å². The SMILES string of the molecule is CCCC(=O)C1C(=O)C(C)C(=O)C(C)(C)C1=O. The van der Waals surface area contributed by atoms with E-state index in [0.29, 0.717) is 6.42 Å². The summed E-state index contributed by atoms with van der Waals surface area (Å²) in [6, 6.07) is 0. The molecule has 1 aliphatic carbocycles. The van der Waals surface area contributed by atoms with Gasteiger partial charge in [-0.05, 0) is 27.2 Å². The van der Waals surface area contributed by atoms with Crippen LogP contribution in [0, 0.1) is 17.3 Å². The molecule has 0 radical (unpaired) electrons. The van der Waals surface area contributed by atoms with Gasteiger partial charge < -0.3 is 0 Å². The first kappa shape index (κ1) is 13.7. The lowest BCUT2D eigenvalue weighted by Crippen LogP contribution is -2.54. The molecule has 2 unspecified atom stereocenters. The molecular formula is C13H18O4. The highest BCUT2D eigenvalue weighted by molar-refractivity contribution is 6.33. The predicted octanol–water partition coefficient (Wildman–Crippen LogP) is 1.35. The number of hydrogen-bond acceptors (Lipinski definition) is 4. The molecular weight excluding hydrogens is 220 g/mol. The first-order valence-corrected chi connectivity index (χ1v) is 5.90. The molecule has 17 heavy (non-hydrogen) atoms. The molecule has 0 aromatic heterocycles. The van der Waals surface area contributed by atoms with Crippen LogP contribution in [0.5, 0.6) is 0 Å². The molecule has 2 atom stereocenters. The minimum absolute atomic E-state index is 0.207. The summed E-state index contributed by atoms with van der Waals surface area (Å²) in [7, 11) is 0. The van der Waals surface area contributed by atoms with Gasteiger partial charge >= 0.3 is 0 Å². The van der Waals surface area contributed by atoms with Crippen molar-refractivity contribution in [3.63, 3.8) is 0 Å². The van der Waals surface area contributed by atoms with Crippen LogP contribution in [0.15, 0.2) is 0 Å². The number of ketones is 4. The number of Topliss-reactive ketones (excluding diaryl/α,β-unsaturated/α-hetero) is 4. The Morgan fingerprint density at radius 3 is 2.18 bits per heavy atom. The number of carbonyl (C=O) groups excluding carboxylic acids is 4. The van der Waals surface area contributed by atoms with Crippen molar-refractivity contribution in [2.75, 3.05) is 0 Å². The van der Waals surface area contributed by atoms with Gasteiger partial charge in [0.25, 0.3) is 0 Å². The Bertz CT molecular complexity index is 392. The topological polar surface area (TPSA) is 68.3 Å². The fraction of sp³-hybridized carbons (Fsp3) is 0.692. The molecule has 4 heteroatoms. The summed E-state index contributed by atoms with van der Waals surface area (Å²) >= 11 is 0. The molecule has 0 spiro atoms. The summed E-state index contributed by atoms with van der Waals surface area (Å²) in [6.07, 6.45) is 0.803. The third-order valence-corrected chi connectivity index (χ3v) is 3.42. The van der Waals surface area contributed by atoms with E-state index >= 15 is 0 Å². The maximum atomic E-state index is 12.1. The third-order valence-electron chi connectivity index (χ3n) is 3.42. The average Bonchev–Trinajstić information content (AvgIpc) is 2.25. The summed E-state index contributed by atoms with van der Waals surface area (Å²) in [4.78, 5) is 47.6. The van der Waals surface area contributed by atoms with Gasteiger partial charge in [-0.25, -0.2) is 0 Å². The monoisotopic (exact) mass is 238 g/mol. The van der Waals surface area contributed by atoms with Crippen LogP contribution >= 0.6 is 0 Å². The Hall–Kier alpha value is -1.32. The Kier molecular flexibility index (Phi) is 3.65. The maximum Gasteiger partial charge on any atom is 0.163 e. The predicted molar refractivity (Wildman–Crippen MR) is 61.4 cm³/mol. The Balaban J connectivity index is 3.14. The highest BCUT2D eigenvalue weighted by Gasteiger charge is 2.54. The maximum absolute atomic E-state index is 12.1. The zero-order valence-electron chi connectivity index (χ0n) is 10.7. The van der Waals surface area contributed by atoms with Crippen LogP contribution in [0.4, 0.5) is 0 Å². The lowest BCUT2D eigenvalue weighted by Gasteiger charge is -2.34. The van der Waals surface area contributed by atoms with E-state index in [1.165, 1.54) is 20.8 Å². The lowest BCUT2D eigenvalue weighted by molar-refractivity contribution is -0.156. The summed E-state index contributed by atoms with van der Waals surface area (Å²) in [5.41, 5.74) is -1.22. The molecule has 4 nitrogen and oxygen atoms in total. The van der Waals surface area contributed by atoms with Gasteiger partial charge in [0.2, 0.25) is 0 Å². The second-order valence-electron chi connectivity index (χ2n) is 5.13. The smallest absolute Gasteiger partial charge is 0.163 e. The lowest BCUT2D eigenvalue weighted by atomic mass is 9.64. The molecule has 0 aromatic carbocycles. The minimum atomic E-state index is -1.22. The fourth-order valence-electron chi connectivity index (χ4n) is 2.23. The minimum Gasteiger partial charge on any atom is -0.298 e. The molecule has 94 valence electrons. The average molecular weight is 238 g/mol. The normalized spacial score (nSPS) is 28.4. The van der Waals surface area contributed by atoms with Crippen LogP contribution in [0.1, 0.15) is 40.5 Å². The Morgan fingerprint density at radius 1 is 1.18 bits per heavy atom. The molecule has 1 saturated carbocycles. The second-order valence-corrected chi connectivity index (χ2v) is 5.13. The van der Waals surface area contributed by atoms with Crippen LogP contribution in [-0.2, 0) is 19.2 Å². The first-order chi connectivity index (χ1) is 7.75. The molecule has 0 bridgehead atoms. The largest absolute Gasteiger partial charge is 0.298 e. The van der Waals surface area contributed by atoms with Crippen molar-refractivity contribution >= 4 is 23.1 Å². The summed E-state index contributed by atoms with van der Waals surface area (Å²) in [6.45, 7) is 6.28. The zero-order valence-corrected chi connectivity index (χ0v) is 10.7. The van der Waals surface area contributed by atoms with Crippen molar-refractivity contribution in [3.05, 3.63) is 0 Å². The number of carbonyl (C=O) groups is 4. The Morgan fingerprint density at radius 2 is 1.71 bits per heavy atom. The highest BCUT2D eigenvalue weighted by atomic mass is 16.2. The first-order valence-electron chi connectivity index (χ1n) is 5.90. The molecule has 1 aliphatic rings. The van der Waals surface area contributed by atoms with Gasteiger partial charge in [-0.1, -0.05) is 6.92 Å². The molecule has 1 fully saturated rings. The van der Waals surface area contributed by atoms with E-state index < -0.39 is 28.8 Å². The molecule has 0 aromatic rings. The van der Waals surface area contributed by atoms with Gasteiger partial charge in [-0.15, -0.1) is 0 Å².